The number of hydrogen-bond acceptors (Lipinski definition) is 3. The minimum Gasteiger partial charge on any atom is -0.294 e. The summed E-state index contributed by atoms with van der Waals surface area (Å²) >= 11 is 3.75. The van der Waals surface area contributed by atoms with E-state index in [1.807, 2.05) is 30.5 Å². The van der Waals surface area contributed by atoms with Crippen molar-refractivity contribution >= 4 is 39.7 Å². The second-order valence-electron chi connectivity index (χ2n) is 3.46. The molecule has 2 rings (SSSR count). The molecule has 0 saturated heterocycles. The van der Waals surface area contributed by atoms with Crippen LogP contribution in [0, 0.1) is 10.5 Å². The molecular weight excluding hydrogens is 333 g/mol. The first kappa shape index (κ1) is 11.7. The van der Waals surface area contributed by atoms with Gasteiger partial charge in [-0.3, -0.25) is 4.79 Å². The molecule has 4 heteroatoms. The predicted molar refractivity (Wildman–Crippen MR) is 74.0 cm³/mol. The lowest BCUT2D eigenvalue weighted by molar-refractivity contribution is 0.0992. The highest BCUT2D eigenvalue weighted by molar-refractivity contribution is 14.1. The quantitative estimate of drug-likeness (QED) is 0.631. The number of carbonyl (C=O) groups is 1. The maximum absolute atomic E-state index is 12.0. The number of thiazole rings is 1. The van der Waals surface area contributed by atoms with Gasteiger partial charge >= 0.3 is 0 Å². The van der Waals surface area contributed by atoms with Crippen LogP contribution in [0.3, 0.4) is 0 Å². The molecule has 0 N–H and O–H groups in total. The molecule has 2 aromatic rings. The van der Waals surface area contributed by atoms with Crippen molar-refractivity contribution in [3.05, 3.63) is 49.5 Å². The number of hydrogen-bond donors (Lipinski definition) is 0. The molecule has 1 heterocycles. The number of Topliss-reactive ketones (excluding diaryl/α,β-unsaturated/α-hetero) is 1. The van der Waals surface area contributed by atoms with Crippen LogP contribution in [0.4, 0.5) is 0 Å². The van der Waals surface area contributed by atoms with Gasteiger partial charge in [0.1, 0.15) is 5.01 Å². The van der Waals surface area contributed by atoms with E-state index in [2.05, 4.69) is 27.6 Å². The fourth-order valence-corrected chi connectivity index (χ4v) is 2.71. The smallest absolute Gasteiger partial charge is 0.170 e. The number of ketones is 1. The van der Waals surface area contributed by atoms with Gasteiger partial charge in [0, 0.05) is 20.7 Å². The van der Waals surface area contributed by atoms with Crippen LogP contribution in [-0.2, 0) is 6.42 Å². The number of nitrogens with zero attached hydrogens (tertiary/aromatic N) is 1. The molecule has 0 saturated carbocycles. The highest BCUT2D eigenvalue weighted by atomic mass is 127. The lowest BCUT2D eigenvalue weighted by Crippen LogP contribution is -2.06. The molecule has 1 aromatic heterocycles. The third-order valence-corrected chi connectivity index (χ3v) is 4.50. The third-order valence-electron chi connectivity index (χ3n) is 2.29. The Kier molecular flexibility index (Phi) is 3.70. The van der Waals surface area contributed by atoms with Gasteiger partial charge in [-0.25, -0.2) is 4.98 Å². The molecular formula is C12H10INOS. The summed E-state index contributed by atoms with van der Waals surface area (Å²) in [6, 6.07) is 5.82. The maximum Gasteiger partial charge on any atom is 0.170 e. The molecule has 0 unspecified atom stereocenters. The minimum atomic E-state index is 0.142. The van der Waals surface area contributed by atoms with Crippen molar-refractivity contribution in [2.75, 3.05) is 0 Å². The molecule has 0 spiro atoms. The second kappa shape index (κ2) is 5.05. The summed E-state index contributed by atoms with van der Waals surface area (Å²) in [6.45, 7) is 2.02. The van der Waals surface area contributed by atoms with Crippen LogP contribution in [0.5, 0.6) is 0 Å². The van der Waals surface area contributed by atoms with Gasteiger partial charge in [0.05, 0.1) is 6.42 Å². The van der Waals surface area contributed by atoms with Crippen LogP contribution >= 0.6 is 33.9 Å². The van der Waals surface area contributed by atoms with E-state index in [9.17, 15) is 4.79 Å². The summed E-state index contributed by atoms with van der Waals surface area (Å²) in [4.78, 5) is 16.2. The Morgan fingerprint density at radius 3 is 3.00 bits per heavy atom. The molecule has 16 heavy (non-hydrogen) atoms. The first-order valence-corrected chi connectivity index (χ1v) is 6.81. The Balaban J connectivity index is 2.24. The van der Waals surface area contributed by atoms with Gasteiger partial charge in [0.15, 0.2) is 5.78 Å². The Morgan fingerprint density at radius 1 is 1.50 bits per heavy atom. The lowest BCUT2D eigenvalue weighted by Gasteiger charge is -2.04. The van der Waals surface area contributed by atoms with E-state index >= 15 is 0 Å². The monoisotopic (exact) mass is 343 g/mol. The van der Waals surface area contributed by atoms with Crippen molar-refractivity contribution in [3.8, 4) is 0 Å². The fourth-order valence-electron chi connectivity index (χ4n) is 1.44. The molecule has 82 valence electrons. The normalized spacial score (nSPS) is 10.4. The first-order chi connectivity index (χ1) is 7.68. The van der Waals surface area contributed by atoms with Crippen molar-refractivity contribution in [2.24, 2.45) is 0 Å². The summed E-state index contributed by atoms with van der Waals surface area (Å²) in [6.07, 6.45) is 2.13. The van der Waals surface area contributed by atoms with E-state index in [4.69, 9.17) is 0 Å². The number of halogens is 1. The molecule has 0 atom stereocenters. The number of aromatic nitrogens is 1. The van der Waals surface area contributed by atoms with E-state index in [0.29, 0.717) is 6.42 Å². The van der Waals surface area contributed by atoms with Gasteiger partial charge < -0.3 is 0 Å². The van der Waals surface area contributed by atoms with Crippen LogP contribution in [0.15, 0.2) is 29.8 Å². The van der Waals surface area contributed by atoms with Crippen LogP contribution in [0.25, 0.3) is 0 Å². The highest BCUT2D eigenvalue weighted by Gasteiger charge is 2.12. The number of carbonyl (C=O) groups excluding carboxylic acids is 1. The molecule has 0 aliphatic carbocycles. The average molecular weight is 343 g/mol. The molecule has 0 fully saturated rings. The second-order valence-corrected chi connectivity index (χ2v) is 5.52. The highest BCUT2D eigenvalue weighted by Crippen LogP contribution is 2.19. The lowest BCUT2D eigenvalue weighted by atomic mass is 10.1. The third kappa shape index (κ3) is 2.49. The van der Waals surface area contributed by atoms with Crippen LogP contribution in [0.2, 0.25) is 0 Å². The standard InChI is InChI=1S/C12H10INOS/c1-8-3-2-4-9(12(8)13)10(15)7-11-14-5-6-16-11/h2-6H,7H2,1H3. The van der Waals surface area contributed by atoms with Gasteiger partial charge in [-0.2, -0.15) is 0 Å². The molecule has 1 aromatic carbocycles. The van der Waals surface area contributed by atoms with Crippen LogP contribution < -0.4 is 0 Å². The van der Waals surface area contributed by atoms with Crippen molar-refractivity contribution in [2.45, 2.75) is 13.3 Å². The number of aryl methyl sites for hydroxylation is 1. The zero-order valence-electron chi connectivity index (χ0n) is 8.74. The molecule has 0 radical (unpaired) electrons. The SMILES string of the molecule is Cc1cccc(C(=O)Cc2nccs2)c1I. The number of rotatable bonds is 3. The van der Waals surface area contributed by atoms with Crippen molar-refractivity contribution in [1.82, 2.24) is 4.98 Å². The van der Waals surface area contributed by atoms with E-state index in [1.54, 1.807) is 6.20 Å². The molecule has 2 nitrogen and oxygen atoms in total. The maximum atomic E-state index is 12.0. The van der Waals surface area contributed by atoms with E-state index in [0.717, 1.165) is 19.7 Å². The summed E-state index contributed by atoms with van der Waals surface area (Å²) < 4.78 is 1.04. The topological polar surface area (TPSA) is 30.0 Å². The summed E-state index contributed by atoms with van der Waals surface area (Å²) in [5.74, 6) is 0.142. The van der Waals surface area contributed by atoms with Crippen molar-refractivity contribution < 1.29 is 4.79 Å². The Labute approximate surface area is 112 Å². The first-order valence-electron chi connectivity index (χ1n) is 4.85. The fraction of sp³-hybridized carbons (Fsp3) is 0.167. The minimum absolute atomic E-state index is 0.142. The Hall–Kier alpha value is -0.750. The summed E-state index contributed by atoms with van der Waals surface area (Å²) in [7, 11) is 0. The molecule has 0 amide bonds. The van der Waals surface area contributed by atoms with Crippen LogP contribution in [-0.4, -0.2) is 10.8 Å². The van der Waals surface area contributed by atoms with Gasteiger partial charge in [-0.05, 0) is 35.1 Å². The van der Waals surface area contributed by atoms with E-state index < -0.39 is 0 Å². The van der Waals surface area contributed by atoms with E-state index in [1.165, 1.54) is 11.3 Å². The van der Waals surface area contributed by atoms with Crippen LogP contribution in [0.1, 0.15) is 20.9 Å². The largest absolute Gasteiger partial charge is 0.294 e. The Bertz CT molecular complexity index is 508. The summed E-state index contributed by atoms with van der Waals surface area (Å²) in [5, 5.41) is 2.77. The van der Waals surface area contributed by atoms with Gasteiger partial charge in [-0.1, -0.05) is 18.2 Å². The predicted octanol–water partition coefficient (Wildman–Crippen LogP) is 3.48. The zero-order chi connectivity index (χ0) is 11.5. The van der Waals surface area contributed by atoms with Crippen molar-refractivity contribution in [3.63, 3.8) is 0 Å². The number of benzene rings is 1. The Morgan fingerprint density at radius 2 is 2.31 bits per heavy atom. The summed E-state index contributed by atoms with van der Waals surface area (Å²) in [5.41, 5.74) is 1.95. The van der Waals surface area contributed by atoms with Gasteiger partial charge in [-0.15, -0.1) is 11.3 Å². The average Bonchev–Trinajstić information content (AvgIpc) is 2.74. The molecule has 0 bridgehead atoms. The molecule has 0 aliphatic rings. The van der Waals surface area contributed by atoms with Crippen molar-refractivity contribution in [1.29, 1.82) is 0 Å². The zero-order valence-corrected chi connectivity index (χ0v) is 11.7. The molecule has 0 aliphatic heterocycles. The van der Waals surface area contributed by atoms with Gasteiger partial charge in [0.2, 0.25) is 0 Å². The van der Waals surface area contributed by atoms with Gasteiger partial charge in [0.25, 0.3) is 0 Å². The van der Waals surface area contributed by atoms with E-state index in [-0.39, 0.29) is 5.78 Å².